The summed E-state index contributed by atoms with van der Waals surface area (Å²) < 4.78 is 0. The van der Waals surface area contributed by atoms with Gasteiger partial charge in [-0.1, -0.05) is 37.8 Å². The van der Waals surface area contributed by atoms with Crippen LogP contribution in [0.3, 0.4) is 0 Å². The summed E-state index contributed by atoms with van der Waals surface area (Å²) >= 11 is 0. The molecule has 0 aromatic heterocycles. The van der Waals surface area contributed by atoms with E-state index in [0.717, 1.165) is 5.69 Å². The van der Waals surface area contributed by atoms with E-state index in [1.54, 1.807) is 0 Å². The van der Waals surface area contributed by atoms with Crippen LogP contribution in [0, 0.1) is 11.6 Å². The molecule has 74 valence electrons. The molecule has 0 unspecified atom stereocenters. The molecule has 0 bridgehead atoms. The molecule has 0 spiro atoms. The smallest absolute Gasteiger partial charge is 0.131 e. The van der Waals surface area contributed by atoms with Gasteiger partial charge in [-0.25, -0.2) is 0 Å². The van der Waals surface area contributed by atoms with Crippen LogP contribution in [0.1, 0.15) is 0 Å². The third-order valence-electron chi connectivity index (χ3n) is 1.74. The maximum atomic E-state index is 3.33. The Balaban J connectivity index is 2.76. The lowest BCUT2D eigenvalue weighted by Gasteiger charge is -2.12. The highest BCUT2D eigenvalue weighted by molar-refractivity contribution is 6.83. The lowest BCUT2D eigenvalue weighted by atomic mass is 10.3. The highest BCUT2D eigenvalue weighted by Crippen LogP contribution is 2.09. The molecule has 0 atom stereocenters. The third kappa shape index (κ3) is 3.67. The molecule has 0 aliphatic heterocycles. The Morgan fingerprint density at radius 3 is 2.14 bits per heavy atom. The van der Waals surface area contributed by atoms with Crippen molar-refractivity contribution in [3.8, 4) is 11.6 Å². The van der Waals surface area contributed by atoms with E-state index in [9.17, 15) is 0 Å². The van der Waals surface area contributed by atoms with E-state index in [2.05, 4.69) is 43.4 Å². The summed E-state index contributed by atoms with van der Waals surface area (Å²) in [4.78, 5) is 1.98. The monoisotopic (exact) mass is 203 g/mol. The summed E-state index contributed by atoms with van der Waals surface area (Å²) in [6.07, 6.45) is 0. The highest BCUT2D eigenvalue weighted by Gasteiger charge is 2.08. The van der Waals surface area contributed by atoms with Crippen molar-refractivity contribution in [1.82, 2.24) is 0 Å². The zero-order valence-electron chi connectivity index (χ0n) is 9.33. The van der Waals surface area contributed by atoms with E-state index in [1.807, 2.05) is 30.1 Å². The summed E-state index contributed by atoms with van der Waals surface area (Å²) in [7, 11) is 0.747. The third-order valence-corrected chi connectivity index (χ3v) is 2.60. The van der Waals surface area contributed by atoms with Crippen LogP contribution in [0.15, 0.2) is 30.3 Å². The van der Waals surface area contributed by atoms with Crippen LogP contribution in [-0.4, -0.2) is 15.1 Å². The van der Waals surface area contributed by atoms with Crippen molar-refractivity contribution >= 4 is 13.8 Å². The minimum Gasteiger partial charge on any atom is -0.305 e. The van der Waals surface area contributed by atoms with Crippen LogP contribution in [-0.2, 0) is 0 Å². The number of anilines is 1. The molecule has 0 fully saturated rings. The largest absolute Gasteiger partial charge is 0.305 e. The maximum absolute atomic E-state index is 3.33. The van der Waals surface area contributed by atoms with Gasteiger partial charge in [-0.2, -0.15) is 0 Å². The first-order valence-corrected chi connectivity index (χ1v) is 8.31. The standard InChI is InChI=1S/C12H17NSi/c1-13(10-11-14(2,3)4)12-8-6-5-7-9-12/h5-9H,1-4H3. The van der Waals surface area contributed by atoms with E-state index >= 15 is 0 Å². The number of hydrogen-bond donors (Lipinski definition) is 0. The van der Waals surface area contributed by atoms with Gasteiger partial charge < -0.3 is 4.90 Å². The van der Waals surface area contributed by atoms with Gasteiger partial charge in [-0.05, 0) is 12.1 Å². The van der Waals surface area contributed by atoms with Gasteiger partial charge in [-0.3, -0.25) is 0 Å². The van der Waals surface area contributed by atoms with Crippen molar-refractivity contribution in [2.75, 3.05) is 11.9 Å². The first kappa shape index (κ1) is 10.9. The second-order valence-corrected chi connectivity index (χ2v) is 9.13. The molecule has 0 heterocycles. The molecule has 2 heteroatoms. The summed E-state index contributed by atoms with van der Waals surface area (Å²) in [5, 5.41) is 0. The Bertz CT molecular complexity index is 340. The van der Waals surface area contributed by atoms with Crippen molar-refractivity contribution in [3.05, 3.63) is 30.3 Å². The Morgan fingerprint density at radius 1 is 1.07 bits per heavy atom. The Labute approximate surface area is 87.8 Å². The van der Waals surface area contributed by atoms with Crippen LogP contribution in [0.2, 0.25) is 19.6 Å². The molecule has 0 amide bonds. The summed E-state index contributed by atoms with van der Waals surface area (Å²) in [6.45, 7) is 6.75. The van der Waals surface area contributed by atoms with Gasteiger partial charge in [0.05, 0.1) is 0 Å². The highest BCUT2D eigenvalue weighted by atomic mass is 28.3. The molecule has 0 aliphatic carbocycles. The van der Waals surface area contributed by atoms with E-state index in [4.69, 9.17) is 0 Å². The van der Waals surface area contributed by atoms with Crippen molar-refractivity contribution in [2.45, 2.75) is 19.6 Å². The molecule has 14 heavy (non-hydrogen) atoms. The molecular formula is C12H17NSi. The average molecular weight is 203 g/mol. The summed E-state index contributed by atoms with van der Waals surface area (Å²) in [5.74, 6) is 0. The zero-order chi connectivity index (χ0) is 10.6. The maximum Gasteiger partial charge on any atom is 0.131 e. The van der Waals surface area contributed by atoms with Crippen LogP contribution >= 0.6 is 0 Å². The first-order chi connectivity index (χ1) is 6.49. The number of nitrogens with zero attached hydrogens (tertiary/aromatic N) is 1. The van der Waals surface area contributed by atoms with E-state index in [-0.39, 0.29) is 0 Å². The van der Waals surface area contributed by atoms with Gasteiger partial charge >= 0.3 is 0 Å². The fraction of sp³-hybridized carbons (Fsp3) is 0.333. The molecule has 1 rings (SSSR count). The van der Waals surface area contributed by atoms with Gasteiger partial charge in [-0.15, -0.1) is 5.54 Å². The van der Waals surface area contributed by atoms with Crippen molar-refractivity contribution < 1.29 is 0 Å². The van der Waals surface area contributed by atoms with Crippen molar-refractivity contribution in [2.24, 2.45) is 0 Å². The number of hydrogen-bond acceptors (Lipinski definition) is 1. The second-order valence-electron chi connectivity index (χ2n) is 4.38. The molecule has 1 nitrogen and oxygen atoms in total. The molecular weight excluding hydrogens is 186 g/mol. The lowest BCUT2D eigenvalue weighted by Crippen LogP contribution is -2.19. The minimum absolute atomic E-state index is 1.15. The number of para-hydroxylation sites is 1. The summed E-state index contributed by atoms with van der Waals surface area (Å²) in [5.41, 5.74) is 4.49. The Hall–Kier alpha value is -1.20. The zero-order valence-corrected chi connectivity index (χ0v) is 10.3. The molecule has 0 radical (unpaired) electrons. The fourth-order valence-electron chi connectivity index (χ4n) is 0.968. The van der Waals surface area contributed by atoms with E-state index in [0.29, 0.717) is 0 Å². The van der Waals surface area contributed by atoms with Crippen LogP contribution in [0.25, 0.3) is 0 Å². The SMILES string of the molecule is CN(C#C[Si](C)(C)C)c1ccccc1. The van der Waals surface area contributed by atoms with Gasteiger partial charge in [0.25, 0.3) is 0 Å². The summed E-state index contributed by atoms with van der Waals surface area (Å²) in [6, 6.07) is 13.4. The van der Waals surface area contributed by atoms with E-state index in [1.165, 1.54) is 0 Å². The normalized spacial score (nSPS) is 10.3. The fourth-order valence-corrected chi connectivity index (χ4v) is 1.47. The van der Waals surface area contributed by atoms with Gasteiger partial charge in [0.2, 0.25) is 0 Å². The minimum atomic E-state index is -1.26. The number of benzene rings is 1. The van der Waals surface area contributed by atoms with Crippen molar-refractivity contribution in [3.63, 3.8) is 0 Å². The lowest BCUT2D eigenvalue weighted by molar-refractivity contribution is 1.25. The Morgan fingerprint density at radius 2 is 1.64 bits per heavy atom. The van der Waals surface area contributed by atoms with Crippen LogP contribution in [0.4, 0.5) is 5.69 Å². The molecule has 0 N–H and O–H groups in total. The molecule has 0 saturated carbocycles. The molecule has 1 aromatic rings. The average Bonchev–Trinajstić information content (AvgIpc) is 2.14. The van der Waals surface area contributed by atoms with Crippen LogP contribution < -0.4 is 4.90 Å². The molecule has 0 aliphatic rings. The van der Waals surface area contributed by atoms with Gasteiger partial charge in [0.15, 0.2) is 0 Å². The first-order valence-electron chi connectivity index (χ1n) is 4.81. The quantitative estimate of drug-likeness (QED) is 0.385. The molecule has 1 aromatic carbocycles. The second kappa shape index (κ2) is 4.34. The Kier molecular flexibility index (Phi) is 3.37. The predicted octanol–water partition coefficient (Wildman–Crippen LogP) is 2.96. The van der Waals surface area contributed by atoms with Crippen molar-refractivity contribution in [1.29, 1.82) is 0 Å². The van der Waals surface area contributed by atoms with Crippen LogP contribution in [0.5, 0.6) is 0 Å². The van der Waals surface area contributed by atoms with E-state index < -0.39 is 8.07 Å². The van der Waals surface area contributed by atoms with Gasteiger partial charge in [0, 0.05) is 18.8 Å². The van der Waals surface area contributed by atoms with Gasteiger partial charge in [0.1, 0.15) is 8.07 Å². The molecule has 0 saturated heterocycles. The predicted molar refractivity (Wildman–Crippen MR) is 66.0 cm³/mol. The number of rotatable bonds is 1. The topological polar surface area (TPSA) is 3.24 Å².